The zero-order valence-corrected chi connectivity index (χ0v) is 15.6. The van der Waals surface area contributed by atoms with Crippen LogP contribution in [0.15, 0.2) is 36.1 Å². The largest absolute Gasteiger partial charge is 0.471 e. The normalized spacial score (nSPS) is 13.0. The fourth-order valence-corrected chi connectivity index (χ4v) is 1.60. The first-order valence-corrected chi connectivity index (χ1v) is 7.62. The van der Waals surface area contributed by atoms with Gasteiger partial charge in [0, 0.05) is 6.42 Å². The maximum atomic E-state index is 11.8. The van der Waals surface area contributed by atoms with Gasteiger partial charge in [-0.05, 0) is 39.3 Å². The summed E-state index contributed by atoms with van der Waals surface area (Å²) in [6, 6.07) is -1.16. The van der Waals surface area contributed by atoms with Gasteiger partial charge >= 0.3 is 12.1 Å². The van der Waals surface area contributed by atoms with Crippen molar-refractivity contribution < 1.29 is 38.0 Å². The number of halogens is 2. The Balaban J connectivity index is 0. The first kappa shape index (κ1) is 25.8. The van der Waals surface area contributed by atoms with Gasteiger partial charge in [0.15, 0.2) is 0 Å². The van der Waals surface area contributed by atoms with Gasteiger partial charge in [-0.25, -0.2) is 14.0 Å². The van der Waals surface area contributed by atoms with Gasteiger partial charge in [0.05, 0.1) is 13.4 Å². The van der Waals surface area contributed by atoms with E-state index in [0.29, 0.717) is 12.8 Å². The van der Waals surface area contributed by atoms with E-state index in [1.165, 1.54) is 6.08 Å². The van der Waals surface area contributed by atoms with E-state index in [1.807, 2.05) is 0 Å². The Morgan fingerprint density at radius 1 is 1.27 bits per heavy atom. The third-order valence-electron chi connectivity index (χ3n) is 2.43. The lowest BCUT2D eigenvalue weighted by Gasteiger charge is -2.22. The first-order valence-electron chi connectivity index (χ1n) is 7.62. The Kier molecular flexibility index (Phi) is 14.8. The number of hydrogen-bond donors (Lipinski definition) is 2. The molecule has 1 unspecified atom stereocenters. The Labute approximate surface area is 152 Å². The van der Waals surface area contributed by atoms with Gasteiger partial charge in [-0.2, -0.15) is 5.26 Å². The molecule has 0 saturated carbocycles. The number of alkyl halides is 2. The third-order valence-corrected chi connectivity index (χ3v) is 2.43. The minimum absolute atomic E-state index is 0.0168. The molecule has 26 heavy (non-hydrogen) atoms. The standard InChI is InChI=1S/C16H24FNO6.CH3F/c1-5-7-12(8-6-9-22-11-17)10-13(14(19)24-21)18-15(20)23-16(2,3)4;1-2/h5-9,13,21H,10-11H2,1-4H3,(H,18,20);1H3/b7-5-,9-6+,12-8+;. The third kappa shape index (κ3) is 14.0. The van der Waals surface area contributed by atoms with E-state index in [1.54, 1.807) is 45.9 Å². The molecule has 2 N–H and O–H groups in total. The Bertz CT molecular complexity index is 498. The Hall–Kier alpha value is -2.42. The van der Waals surface area contributed by atoms with Crippen LogP contribution in [0.4, 0.5) is 13.6 Å². The number of amides is 1. The number of carbonyl (C=O) groups is 2. The predicted molar refractivity (Wildman–Crippen MR) is 92.6 cm³/mol. The van der Waals surface area contributed by atoms with Gasteiger partial charge in [-0.15, -0.1) is 0 Å². The molecule has 0 spiro atoms. The van der Waals surface area contributed by atoms with E-state index < -0.39 is 30.6 Å². The summed E-state index contributed by atoms with van der Waals surface area (Å²) in [4.78, 5) is 27.1. The fourth-order valence-electron chi connectivity index (χ4n) is 1.60. The molecular formula is C17H27F2NO6. The van der Waals surface area contributed by atoms with Crippen molar-refractivity contribution >= 4 is 12.1 Å². The van der Waals surface area contributed by atoms with E-state index in [2.05, 4.69) is 14.9 Å². The highest BCUT2D eigenvalue weighted by Gasteiger charge is 2.26. The molecule has 0 rings (SSSR count). The summed E-state index contributed by atoms with van der Waals surface area (Å²) < 4.78 is 30.8. The zero-order chi connectivity index (χ0) is 20.6. The zero-order valence-electron chi connectivity index (χ0n) is 15.6. The van der Waals surface area contributed by atoms with Crippen molar-refractivity contribution in [2.75, 3.05) is 14.0 Å². The van der Waals surface area contributed by atoms with E-state index >= 15 is 0 Å². The number of rotatable bonds is 8. The lowest BCUT2D eigenvalue weighted by molar-refractivity contribution is -0.236. The van der Waals surface area contributed by atoms with E-state index in [9.17, 15) is 18.4 Å². The molecule has 0 aromatic carbocycles. The van der Waals surface area contributed by atoms with Gasteiger partial charge < -0.3 is 14.8 Å². The minimum atomic E-state index is -1.16. The van der Waals surface area contributed by atoms with Gasteiger partial charge in [0.25, 0.3) is 0 Å². The molecule has 7 nitrogen and oxygen atoms in total. The van der Waals surface area contributed by atoms with Crippen molar-refractivity contribution in [3.63, 3.8) is 0 Å². The SMILES string of the molecule is CF.C\C=C/C(=C\C=C\OCF)CC(NC(=O)OC(C)(C)C)C(=O)OO. The van der Waals surface area contributed by atoms with Crippen molar-refractivity contribution in [2.24, 2.45) is 0 Å². The maximum Gasteiger partial charge on any atom is 0.408 e. The molecule has 1 atom stereocenters. The lowest BCUT2D eigenvalue weighted by Crippen LogP contribution is -2.44. The minimum Gasteiger partial charge on any atom is -0.471 e. The van der Waals surface area contributed by atoms with E-state index in [4.69, 9.17) is 9.99 Å². The van der Waals surface area contributed by atoms with Crippen molar-refractivity contribution in [2.45, 2.75) is 45.8 Å². The van der Waals surface area contributed by atoms with Crippen LogP contribution in [0.25, 0.3) is 0 Å². The number of ether oxygens (including phenoxy) is 2. The number of allylic oxidation sites excluding steroid dienone is 4. The summed E-state index contributed by atoms with van der Waals surface area (Å²) in [7, 11) is 0.500. The van der Waals surface area contributed by atoms with Gasteiger partial charge in [-0.3, -0.25) is 9.28 Å². The summed E-state index contributed by atoms with van der Waals surface area (Å²) in [6.07, 6.45) is 6.72. The molecule has 0 saturated heterocycles. The molecule has 150 valence electrons. The summed E-state index contributed by atoms with van der Waals surface area (Å²) in [5.41, 5.74) is -0.144. The summed E-state index contributed by atoms with van der Waals surface area (Å²) in [6.45, 7) is 5.82. The van der Waals surface area contributed by atoms with Crippen LogP contribution < -0.4 is 5.32 Å². The molecule has 0 aliphatic rings. The molecular weight excluding hydrogens is 352 g/mol. The van der Waals surface area contributed by atoms with Crippen LogP contribution in [0.5, 0.6) is 0 Å². The second-order valence-corrected chi connectivity index (χ2v) is 5.66. The molecule has 0 bridgehead atoms. The van der Waals surface area contributed by atoms with Crippen LogP contribution in [0.3, 0.4) is 0 Å². The molecule has 1 amide bonds. The summed E-state index contributed by atoms with van der Waals surface area (Å²) in [5.74, 6) is -1.04. The highest BCUT2D eigenvalue weighted by molar-refractivity contribution is 5.81. The maximum absolute atomic E-state index is 11.8. The molecule has 0 aromatic rings. The highest BCUT2D eigenvalue weighted by Crippen LogP contribution is 2.12. The van der Waals surface area contributed by atoms with Crippen molar-refractivity contribution in [1.82, 2.24) is 5.32 Å². The van der Waals surface area contributed by atoms with Crippen molar-refractivity contribution in [3.8, 4) is 0 Å². The summed E-state index contributed by atoms with van der Waals surface area (Å²) >= 11 is 0. The fraction of sp³-hybridized carbons (Fsp3) is 0.529. The molecule has 9 heteroatoms. The van der Waals surface area contributed by atoms with Gasteiger partial charge in [-0.1, -0.05) is 18.2 Å². The van der Waals surface area contributed by atoms with Gasteiger partial charge in [0.2, 0.25) is 6.86 Å². The molecule has 0 aromatic heterocycles. The molecule has 0 aliphatic carbocycles. The van der Waals surface area contributed by atoms with Crippen molar-refractivity contribution in [1.29, 1.82) is 0 Å². The second kappa shape index (κ2) is 14.9. The van der Waals surface area contributed by atoms with Gasteiger partial charge in [0.1, 0.15) is 11.6 Å². The smallest absolute Gasteiger partial charge is 0.408 e. The summed E-state index contributed by atoms with van der Waals surface area (Å²) in [5, 5.41) is 10.9. The van der Waals surface area contributed by atoms with Crippen LogP contribution in [-0.4, -0.2) is 43.0 Å². The number of alkyl carbamates (subject to hydrolysis) is 1. The highest BCUT2D eigenvalue weighted by atomic mass is 19.1. The molecule has 0 fully saturated rings. The molecule has 0 aliphatic heterocycles. The van der Waals surface area contributed by atoms with E-state index in [-0.39, 0.29) is 6.42 Å². The Morgan fingerprint density at radius 3 is 2.35 bits per heavy atom. The van der Waals surface area contributed by atoms with Crippen LogP contribution in [0.1, 0.15) is 34.1 Å². The number of nitrogens with one attached hydrogen (secondary N) is 1. The average molecular weight is 379 g/mol. The molecule has 0 heterocycles. The van der Waals surface area contributed by atoms with Crippen LogP contribution in [0.2, 0.25) is 0 Å². The average Bonchev–Trinajstić information content (AvgIpc) is 2.57. The van der Waals surface area contributed by atoms with E-state index in [0.717, 1.165) is 6.26 Å². The second-order valence-electron chi connectivity index (χ2n) is 5.66. The monoisotopic (exact) mass is 379 g/mol. The predicted octanol–water partition coefficient (Wildman–Crippen LogP) is 3.83. The molecule has 0 radical (unpaired) electrons. The van der Waals surface area contributed by atoms with Crippen LogP contribution in [0, 0.1) is 0 Å². The van der Waals surface area contributed by atoms with Crippen LogP contribution in [-0.2, 0) is 19.2 Å². The number of carbonyl (C=O) groups excluding carboxylic acids is 2. The Morgan fingerprint density at radius 2 is 1.88 bits per heavy atom. The first-order chi connectivity index (χ1) is 12.2. The number of hydrogen-bond acceptors (Lipinski definition) is 6. The van der Waals surface area contributed by atoms with Crippen molar-refractivity contribution in [3.05, 3.63) is 36.1 Å². The lowest BCUT2D eigenvalue weighted by atomic mass is 10.1. The quantitative estimate of drug-likeness (QED) is 0.288. The van der Waals surface area contributed by atoms with Crippen LogP contribution >= 0.6 is 0 Å². The topological polar surface area (TPSA) is 94.1 Å².